The summed E-state index contributed by atoms with van der Waals surface area (Å²) in [4.78, 5) is 8.79. The molecular formula is C17H21N3O. The molecule has 0 amide bonds. The number of aromatic nitrogens is 2. The first-order valence-corrected chi connectivity index (χ1v) is 7.43. The largest absolute Gasteiger partial charge is 0.424 e. The lowest BCUT2D eigenvalue weighted by molar-refractivity contribution is 0.435. The van der Waals surface area contributed by atoms with Crippen LogP contribution in [0.2, 0.25) is 0 Å². The standard InChI is InChI=1S/C17H21N3O/c1-11-4-5-12(2)16(8-11)21-17-19-10-14(13(3)20-17)9-18-15-6-7-15/h4-5,8,10,15,18H,6-7,9H2,1-3H3. The molecule has 110 valence electrons. The number of nitrogens with one attached hydrogen (secondary N) is 1. The van der Waals surface area contributed by atoms with Crippen LogP contribution in [0.1, 0.15) is 35.2 Å². The lowest BCUT2D eigenvalue weighted by Gasteiger charge is -2.10. The maximum Gasteiger partial charge on any atom is 0.322 e. The second-order valence-corrected chi connectivity index (χ2v) is 5.79. The van der Waals surface area contributed by atoms with E-state index in [1.807, 2.05) is 39.1 Å². The van der Waals surface area contributed by atoms with E-state index in [2.05, 4.69) is 21.4 Å². The predicted molar refractivity (Wildman–Crippen MR) is 82.6 cm³/mol. The fourth-order valence-corrected chi connectivity index (χ4v) is 2.15. The highest BCUT2D eigenvalue weighted by molar-refractivity contribution is 5.37. The van der Waals surface area contributed by atoms with Crippen LogP contribution in [-0.4, -0.2) is 16.0 Å². The summed E-state index contributed by atoms with van der Waals surface area (Å²) >= 11 is 0. The number of nitrogens with zero attached hydrogens (tertiary/aromatic N) is 2. The quantitative estimate of drug-likeness (QED) is 0.913. The third kappa shape index (κ3) is 3.58. The van der Waals surface area contributed by atoms with Gasteiger partial charge in [0.1, 0.15) is 5.75 Å². The van der Waals surface area contributed by atoms with E-state index in [4.69, 9.17) is 4.74 Å². The molecule has 0 bridgehead atoms. The Bertz CT molecular complexity index is 650. The van der Waals surface area contributed by atoms with E-state index in [1.165, 1.54) is 12.8 Å². The molecule has 0 saturated heterocycles. The Morgan fingerprint density at radius 2 is 2.05 bits per heavy atom. The summed E-state index contributed by atoms with van der Waals surface area (Å²) in [5, 5.41) is 3.48. The van der Waals surface area contributed by atoms with Gasteiger partial charge in [0.2, 0.25) is 0 Å². The fraction of sp³-hybridized carbons (Fsp3) is 0.412. The van der Waals surface area contributed by atoms with Gasteiger partial charge < -0.3 is 10.1 Å². The monoisotopic (exact) mass is 283 g/mol. The van der Waals surface area contributed by atoms with Crippen molar-refractivity contribution < 1.29 is 4.74 Å². The zero-order valence-corrected chi connectivity index (χ0v) is 12.8. The Balaban J connectivity index is 1.73. The molecule has 0 unspecified atom stereocenters. The normalized spacial score (nSPS) is 14.2. The number of hydrogen-bond donors (Lipinski definition) is 1. The molecule has 0 spiro atoms. The summed E-state index contributed by atoms with van der Waals surface area (Å²) in [5.74, 6) is 0.818. The van der Waals surface area contributed by atoms with Gasteiger partial charge in [0.25, 0.3) is 0 Å². The molecule has 0 aliphatic heterocycles. The van der Waals surface area contributed by atoms with Crippen LogP contribution in [0.15, 0.2) is 24.4 Å². The van der Waals surface area contributed by atoms with Crippen LogP contribution < -0.4 is 10.1 Å². The van der Waals surface area contributed by atoms with Gasteiger partial charge in [-0.2, -0.15) is 4.98 Å². The third-order valence-corrected chi connectivity index (χ3v) is 3.76. The van der Waals surface area contributed by atoms with Crippen LogP contribution in [0, 0.1) is 20.8 Å². The molecule has 1 aromatic heterocycles. The first-order chi connectivity index (χ1) is 10.1. The summed E-state index contributed by atoms with van der Waals surface area (Å²) in [6.07, 6.45) is 4.43. The zero-order chi connectivity index (χ0) is 14.8. The average molecular weight is 283 g/mol. The smallest absolute Gasteiger partial charge is 0.322 e. The minimum absolute atomic E-state index is 0.413. The highest BCUT2D eigenvalue weighted by Crippen LogP contribution is 2.24. The van der Waals surface area contributed by atoms with Crippen molar-refractivity contribution in [1.29, 1.82) is 0 Å². The average Bonchev–Trinajstić information content (AvgIpc) is 3.26. The number of rotatable bonds is 5. The maximum absolute atomic E-state index is 5.82. The number of benzene rings is 1. The Hall–Kier alpha value is -1.94. The van der Waals surface area contributed by atoms with E-state index < -0.39 is 0 Å². The Morgan fingerprint density at radius 1 is 1.24 bits per heavy atom. The van der Waals surface area contributed by atoms with Crippen LogP contribution in [0.25, 0.3) is 0 Å². The molecule has 0 atom stereocenters. The van der Waals surface area contributed by atoms with E-state index in [0.717, 1.165) is 34.7 Å². The summed E-state index contributed by atoms with van der Waals surface area (Å²) in [5.41, 5.74) is 4.35. The highest BCUT2D eigenvalue weighted by Gasteiger charge is 2.20. The van der Waals surface area contributed by atoms with Gasteiger partial charge >= 0.3 is 6.01 Å². The van der Waals surface area contributed by atoms with Gasteiger partial charge in [-0.3, -0.25) is 0 Å². The molecule has 1 saturated carbocycles. The first-order valence-electron chi connectivity index (χ1n) is 7.43. The molecule has 3 rings (SSSR count). The van der Waals surface area contributed by atoms with Crippen molar-refractivity contribution in [3.05, 3.63) is 46.8 Å². The van der Waals surface area contributed by atoms with E-state index in [0.29, 0.717) is 12.1 Å². The lowest BCUT2D eigenvalue weighted by Crippen LogP contribution is -2.16. The summed E-state index contributed by atoms with van der Waals surface area (Å²) in [7, 11) is 0. The summed E-state index contributed by atoms with van der Waals surface area (Å²) < 4.78 is 5.82. The number of hydrogen-bond acceptors (Lipinski definition) is 4. The predicted octanol–water partition coefficient (Wildman–Crippen LogP) is 3.45. The molecule has 4 nitrogen and oxygen atoms in total. The van der Waals surface area contributed by atoms with Crippen molar-refractivity contribution in [1.82, 2.24) is 15.3 Å². The van der Waals surface area contributed by atoms with Crippen LogP contribution >= 0.6 is 0 Å². The van der Waals surface area contributed by atoms with Gasteiger partial charge in [0, 0.05) is 30.0 Å². The van der Waals surface area contributed by atoms with Gasteiger partial charge in [-0.25, -0.2) is 4.98 Å². The zero-order valence-electron chi connectivity index (χ0n) is 12.8. The molecule has 2 aromatic rings. The Kier molecular flexibility index (Phi) is 3.88. The molecule has 21 heavy (non-hydrogen) atoms. The second kappa shape index (κ2) is 5.82. The van der Waals surface area contributed by atoms with E-state index >= 15 is 0 Å². The van der Waals surface area contributed by atoms with Gasteiger partial charge in [0.05, 0.1) is 0 Å². The first kappa shape index (κ1) is 14.0. The number of ether oxygens (including phenoxy) is 1. The van der Waals surface area contributed by atoms with E-state index in [1.54, 1.807) is 0 Å². The molecule has 1 N–H and O–H groups in total. The van der Waals surface area contributed by atoms with Crippen molar-refractivity contribution >= 4 is 0 Å². The summed E-state index contributed by atoms with van der Waals surface area (Å²) in [6.45, 7) is 6.91. The molecule has 1 fully saturated rings. The Labute approximate surface area is 125 Å². The highest BCUT2D eigenvalue weighted by atomic mass is 16.5. The van der Waals surface area contributed by atoms with Crippen molar-refractivity contribution in [2.45, 2.75) is 46.2 Å². The van der Waals surface area contributed by atoms with E-state index in [9.17, 15) is 0 Å². The van der Waals surface area contributed by atoms with E-state index in [-0.39, 0.29) is 0 Å². The van der Waals surface area contributed by atoms with Crippen molar-refractivity contribution in [3.63, 3.8) is 0 Å². The van der Waals surface area contributed by atoms with Gasteiger partial charge in [-0.1, -0.05) is 12.1 Å². The fourth-order valence-electron chi connectivity index (χ4n) is 2.15. The van der Waals surface area contributed by atoms with Crippen LogP contribution in [0.4, 0.5) is 0 Å². The van der Waals surface area contributed by atoms with Gasteiger partial charge in [-0.15, -0.1) is 0 Å². The topological polar surface area (TPSA) is 47.0 Å². The molecule has 0 radical (unpaired) electrons. The SMILES string of the molecule is Cc1ccc(C)c(Oc2ncc(CNC3CC3)c(C)n2)c1. The minimum atomic E-state index is 0.413. The molecule has 1 aliphatic carbocycles. The van der Waals surface area contributed by atoms with Crippen LogP contribution in [-0.2, 0) is 6.54 Å². The van der Waals surface area contributed by atoms with Crippen molar-refractivity contribution in [2.75, 3.05) is 0 Å². The van der Waals surface area contributed by atoms with Crippen molar-refractivity contribution in [2.24, 2.45) is 0 Å². The second-order valence-electron chi connectivity index (χ2n) is 5.79. The Morgan fingerprint density at radius 3 is 2.76 bits per heavy atom. The van der Waals surface area contributed by atoms with Crippen LogP contribution in [0.3, 0.4) is 0 Å². The van der Waals surface area contributed by atoms with Crippen LogP contribution in [0.5, 0.6) is 11.8 Å². The minimum Gasteiger partial charge on any atom is -0.424 e. The molecular weight excluding hydrogens is 262 g/mol. The molecule has 4 heteroatoms. The number of aryl methyl sites for hydroxylation is 3. The molecule has 1 aliphatic rings. The van der Waals surface area contributed by atoms with Gasteiger partial charge in [0.15, 0.2) is 0 Å². The maximum atomic E-state index is 5.82. The molecule has 1 aromatic carbocycles. The lowest BCUT2D eigenvalue weighted by atomic mass is 10.1. The molecule has 1 heterocycles. The van der Waals surface area contributed by atoms with Gasteiger partial charge in [-0.05, 0) is 50.8 Å². The third-order valence-electron chi connectivity index (χ3n) is 3.76. The summed E-state index contributed by atoms with van der Waals surface area (Å²) in [6, 6.07) is 7.23. The van der Waals surface area contributed by atoms with Crippen molar-refractivity contribution in [3.8, 4) is 11.8 Å².